The van der Waals surface area contributed by atoms with E-state index in [1.807, 2.05) is 31.2 Å². The van der Waals surface area contributed by atoms with Crippen LogP contribution in [0.2, 0.25) is 0 Å². The van der Waals surface area contributed by atoms with Crippen molar-refractivity contribution in [1.29, 1.82) is 0 Å². The van der Waals surface area contributed by atoms with Gasteiger partial charge in [-0.25, -0.2) is 0 Å². The lowest BCUT2D eigenvalue weighted by Crippen LogP contribution is -2.43. The SMILES string of the molecule is CCOCc1ccccc1CNC(=O)CN1CCC(C(N)=O)CC1. The van der Waals surface area contributed by atoms with Gasteiger partial charge in [0.1, 0.15) is 0 Å². The first kappa shape index (κ1) is 18.4. The highest BCUT2D eigenvalue weighted by Gasteiger charge is 2.24. The van der Waals surface area contributed by atoms with Gasteiger partial charge in [0.15, 0.2) is 0 Å². The Morgan fingerprint density at radius 1 is 1.25 bits per heavy atom. The number of carbonyl (C=O) groups excluding carboxylic acids is 2. The van der Waals surface area contributed by atoms with Crippen LogP contribution in [0.3, 0.4) is 0 Å². The topological polar surface area (TPSA) is 84.7 Å². The number of amides is 2. The molecule has 0 aliphatic carbocycles. The Morgan fingerprint density at radius 2 is 1.92 bits per heavy atom. The Labute approximate surface area is 143 Å². The van der Waals surface area contributed by atoms with E-state index in [0.717, 1.165) is 37.1 Å². The minimum Gasteiger partial charge on any atom is -0.377 e. The fraction of sp³-hybridized carbons (Fsp3) is 0.556. The summed E-state index contributed by atoms with van der Waals surface area (Å²) in [7, 11) is 0. The van der Waals surface area contributed by atoms with Crippen LogP contribution in [-0.2, 0) is 27.5 Å². The van der Waals surface area contributed by atoms with Gasteiger partial charge in [0.2, 0.25) is 11.8 Å². The summed E-state index contributed by atoms with van der Waals surface area (Å²) in [5, 5.41) is 2.97. The van der Waals surface area contributed by atoms with E-state index in [0.29, 0.717) is 26.3 Å². The summed E-state index contributed by atoms with van der Waals surface area (Å²) in [6.07, 6.45) is 1.47. The average molecular weight is 333 g/mol. The van der Waals surface area contributed by atoms with Crippen molar-refractivity contribution in [3.8, 4) is 0 Å². The van der Waals surface area contributed by atoms with E-state index in [1.165, 1.54) is 0 Å². The Kier molecular flexibility index (Phi) is 7.21. The van der Waals surface area contributed by atoms with Gasteiger partial charge in [-0.15, -0.1) is 0 Å². The third-order valence-electron chi connectivity index (χ3n) is 4.41. The van der Waals surface area contributed by atoms with E-state index >= 15 is 0 Å². The number of benzene rings is 1. The Bertz CT molecular complexity index is 554. The summed E-state index contributed by atoms with van der Waals surface area (Å²) in [4.78, 5) is 25.4. The summed E-state index contributed by atoms with van der Waals surface area (Å²) in [6, 6.07) is 7.97. The summed E-state index contributed by atoms with van der Waals surface area (Å²) in [5.41, 5.74) is 7.50. The second-order valence-electron chi connectivity index (χ2n) is 6.14. The van der Waals surface area contributed by atoms with Crippen molar-refractivity contribution < 1.29 is 14.3 Å². The van der Waals surface area contributed by atoms with Crippen LogP contribution >= 0.6 is 0 Å². The standard InChI is InChI=1S/C18H27N3O3/c1-2-24-13-16-6-4-3-5-15(16)11-20-17(22)12-21-9-7-14(8-10-21)18(19)23/h3-6,14H,2,7-13H2,1H3,(H2,19,23)(H,20,22). The molecule has 6 heteroatoms. The van der Waals surface area contributed by atoms with Gasteiger partial charge in [0.05, 0.1) is 13.2 Å². The highest BCUT2D eigenvalue weighted by atomic mass is 16.5. The lowest BCUT2D eigenvalue weighted by Gasteiger charge is -2.29. The minimum absolute atomic E-state index is 0.00117. The highest BCUT2D eigenvalue weighted by Crippen LogP contribution is 2.16. The Morgan fingerprint density at radius 3 is 2.54 bits per heavy atom. The maximum absolute atomic E-state index is 12.1. The largest absolute Gasteiger partial charge is 0.377 e. The molecule has 0 unspecified atom stereocenters. The van der Waals surface area contributed by atoms with Gasteiger partial charge >= 0.3 is 0 Å². The monoisotopic (exact) mass is 333 g/mol. The number of nitrogens with zero attached hydrogens (tertiary/aromatic N) is 1. The number of nitrogens with two attached hydrogens (primary N) is 1. The van der Waals surface area contributed by atoms with Crippen molar-refractivity contribution in [2.45, 2.75) is 32.9 Å². The molecule has 1 aromatic rings. The second-order valence-corrected chi connectivity index (χ2v) is 6.14. The lowest BCUT2D eigenvalue weighted by molar-refractivity contribution is -0.124. The number of hydrogen-bond donors (Lipinski definition) is 2. The molecule has 0 radical (unpaired) electrons. The number of nitrogens with one attached hydrogen (secondary N) is 1. The molecular formula is C18H27N3O3. The number of hydrogen-bond acceptors (Lipinski definition) is 4. The molecule has 0 spiro atoms. The van der Waals surface area contributed by atoms with Crippen molar-refractivity contribution in [2.75, 3.05) is 26.2 Å². The van der Waals surface area contributed by atoms with Gasteiger partial charge in [-0.1, -0.05) is 24.3 Å². The molecule has 2 amide bonds. The Hall–Kier alpha value is -1.92. The number of ether oxygens (including phenoxy) is 1. The molecule has 1 aliphatic heterocycles. The lowest BCUT2D eigenvalue weighted by atomic mass is 9.96. The molecule has 1 saturated heterocycles. The normalized spacial score (nSPS) is 16.0. The molecule has 1 aromatic carbocycles. The summed E-state index contributed by atoms with van der Waals surface area (Å²) in [6.45, 7) is 5.53. The van der Waals surface area contributed by atoms with Crippen LogP contribution in [0.1, 0.15) is 30.9 Å². The van der Waals surface area contributed by atoms with Crippen LogP contribution < -0.4 is 11.1 Å². The van der Waals surface area contributed by atoms with Crippen LogP contribution in [0.25, 0.3) is 0 Å². The van der Waals surface area contributed by atoms with Crippen LogP contribution in [0.5, 0.6) is 0 Å². The molecule has 2 rings (SSSR count). The zero-order valence-electron chi connectivity index (χ0n) is 14.3. The average Bonchev–Trinajstić information content (AvgIpc) is 2.59. The minimum atomic E-state index is -0.231. The smallest absolute Gasteiger partial charge is 0.234 e. The molecule has 24 heavy (non-hydrogen) atoms. The van der Waals surface area contributed by atoms with Crippen LogP contribution in [0.15, 0.2) is 24.3 Å². The highest BCUT2D eigenvalue weighted by molar-refractivity contribution is 5.78. The fourth-order valence-corrected chi connectivity index (χ4v) is 2.91. The third-order valence-corrected chi connectivity index (χ3v) is 4.41. The molecular weight excluding hydrogens is 306 g/mol. The summed E-state index contributed by atoms with van der Waals surface area (Å²) < 4.78 is 5.46. The fourth-order valence-electron chi connectivity index (χ4n) is 2.91. The van der Waals surface area contributed by atoms with Crippen LogP contribution in [0, 0.1) is 5.92 Å². The first-order valence-corrected chi connectivity index (χ1v) is 8.53. The molecule has 0 aromatic heterocycles. The third kappa shape index (κ3) is 5.62. The molecule has 0 saturated carbocycles. The van der Waals surface area contributed by atoms with E-state index in [9.17, 15) is 9.59 Å². The van der Waals surface area contributed by atoms with Crippen LogP contribution in [0.4, 0.5) is 0 Å². The maximum Gasteiger partial charge on any atom is 0.234 e. The molecule has 132 valence electrons. The Balaban J connectivity index is 1.77. The predicted molar refractivity (Wildman–Crippen MR) is 92.0 cm³/mol. The first-order valence-electron chi connectivity index (χ1n) is 8.53. The maximum atomic E-state index is 12.1. The zero-order chi connectivity index (χ0) is 17.4. The van der Waals surface area contributed by atoms with Crippen LogP contribution in [-0.4, -0.2) is 43.0 Å². The van der Waals surface area contributed by atoms with Crippen molar-refractivity contribution in [2.24, 2.45) is 11.7 Å². The molecule has 1 heterocycles. The van der Waals surface area contributed by atoms with E-state index in [2.05, 4.69) is 10.2 Å². The molecule has 1 fully saturated rings. The van der Waals surface area contributed by atoms with Crippen molar-refractivity contribution in [3.05, 3.63) is 35.4 Å². The molecule has 1 aliphatic rings. The van der Waals surface area contributed by atoms with Gasteiger partial charge in [0, 0.05) is 19.1 Å². The van der Waals surface area contributed by atoms with Gasteiger partial charge in [0.25, 0.3) is 0 Å². The molecule has 0 atom stereocenters. The zero-order valence-corrected chi connectivity index (χ0v) is 14.3. The number of piperidine rings is 1. The molecule has 6 nitrogen and oxygen atoms in total. The van der Waals surface area contributed by atoms with Gasteiger partial charge in [-0.3, -0.25) is 14.5 Å². The second kappa shape index (κ2) is 9.39. The quantitative estimate of drug-likeness (QED) is 0.744. The van der Waals surface area contributed by atoms with Gasteiger partial charge in [-0.2, -0.15) is 0 Å². The molecule has 0 bridgehead atoms. The van der Waals surface area contributed by atoms with E-state index in [1.54, 1.807) is 0 Å². The predicted octanol–water partition coefficient (Wildman–Crippen LogP) is 1.04. The number of carbonyl (C=O) groups is 2. The van der Waals surface area contributed by atoms with E-state index in [-0.39, 0.29) is 17.7 Å². The first-order chi connectivity index (χ1) is 11.6. The number of likely N-dealkylation sites (tertiary alicyclic amines) is 1. The van der Waals surface area contributed by atoms with Gasteiger partial charge in [-0.05, 0) is 44.0 Å². The molecule has 3 N–H and O–H groups in total. The van der Waals surface area contributed by atoms with Crippen molar-refractivity contribution in [1.82, 2.24) is 10.2 Å². The van der Waals surface area contributed by atoms with Crippen molar-refractivity contribution >= 4 is 11.8 Å². The van der Waals surface area contributed by atoms with Gasteiger partial charge < -0.3 is 15.8 Å². The van der Waals surface area contributed by atoms with Crippen molar-refractivity contribution in [3.63, 3.8) is 0 Å². The number of rotatable bonds is 8. The summed E-state index contributed by atoms with van der Waals surface area (Å²) in [5.74, 6) is -0.279. The summed E-state index contributed by atoms with van der Waals surface area (Å²) >= 11 is 0. The van der Waals surface area contributed by atoms with E-state index in [4.69, 9.17) is 10.5 Å². The van der Waals surface area contributed by atoms with E-state index < -0.39 is 0 Å². The number of primary amides is 1.